The average molecular weight is 321 g/mol. The van der Waals surface area contributed by atoms with Gasteiger partial charge >= 0.3 is 0 Å². The second-order valence-electron chi connectivity index (χ2n) is 4.41. The van der Waals surface area contributed by atoms with Crippen LogP contribution in [0.4, 0.5) is 11.4 Å². The molecule has 3 nitrogen and oxygen atoms in total. The number of hydrogen-bond donors (Lipinski definition) is 1. The van der Waals surface area contributed by atoms with E-state index < -0.39 is 0 Å². The van der Waals surface area contributed by atoms with Gasteiger partial charge in [0.05, 0.1) is 12.8 Å². The van der Waals surface area contributed by atoms with E-state index in [2.05, 4.69) is 26.9 Å². The van der Waals surface area contributed by atoms with Crippen LogP contribution in [-0.2, 0) is 6.54 Å². The van der Waals surface area contributed by atoms with Gasteiger partial charge in [-0.25, -0.2) is 0 Å². The Hall–Kier alpha value is -1.68. The number of nitrogen functional groups attached to an aromatic ring is 1. The molecule has 2 N–H and O–H groups in total. The summed E-state index contributed by atoms with van der Waals surface area (Å²) in [6.45, 7) is 0.799. The Morgan fingerprint density at radius 2 is 1.84 bits per heavy atom. The number of hydrogen-bond acceptors (Lipinski definition) is 3. The van der Waals surface area contributed by atoms with Gasteiger partial charge in [-0.3, -0.25) is 0 Å². The van der Waals surface area contributed by atoms with E-state index in [1.54, 1.807) is 7.11 Å². The first-order chi connectivity index (χ1) is 9.10. The largest absolute Gasteiger partial charge is 0.495 e. The summed E-state index contributed by atoms with van der Waals surface area (Å²) in [4.78, 5) is 2.15. The van der Waals surface area contributed by atoms with Crippen molar-refractivity contribution in [3.63, 3.8) is 0 Å². The monoisotopic (exact) mass is 320 g/mol. The zero-order valence-electron chi connectivity index (χ0n) is 11.1. The van der Waals surface area contributed by atoms with Gasteiger partial charge in [0, 0.05) is 23.8 Å². The first-order valence-electron chi connectivity index (χ1n) is 5.99. The third-order valence-electron chi connectivity index (χ3n) is 2.95. The molecule has 0 atom stereocenters. The molecule has 0 saturated carbocycles. The van der Waals surface area contributed by atoms with Crippen LogP contribution in [0, 0.1) is 0 Å². The predicted octanol–water partition coefficient (Wildman–Crippen LogP) is 3.68. The van der Waals surface area contributed by atoms with Gasteiger partial charge in [0.15, 0.2) is 0 Å². The van der Waals surface area contributed by atoms with E-state index >= 15 is 0 Å². The van der Waals surface area contributed by atoms with Gasteiger partial charge in [-0.1, -0.05) is 28.1 Å². The van der Waals surface area contributed by atoms with Gasteiger partial charge < -0.3 is 15.4 Å². The second kappa shape index (κ2) is 5.97. The van der Waals surface area contributed by atoms with E-state index in [0.29, 0.717) is 0 Å². The molecule has 4 heteroatoms. The number of halogens is 1. The summed E-state index contributed by atoms with van der Waals surface area (Å²) in [6, 6.07) is 13.9. The molecule has 0 aliphatic heterocycles. The summed E-state index contributed by atoms with van der Waals surface area (Å²) in [5.74, 6) is 0.862. The molecule has 2 aromatic carbocycles. The maximum Gasteiger partial charge on any atom is 0.142 e. The molecule has 0 aliphatic carbocycles. The maximum absolute atomic E-state index is 5.69. The van der Waals surface area contributed by atoms with Crippen LogP contribution in [-0.4, -0.2) is 14.2 Å². The highest BCUT2D eigenvalue weighted by molar-refractivity contribution is 9.10. The lowest BCUT2D eigenvalue weighted by atomic mass is 10.2. The smallest absolute Gasteiger partial charge is 0.142 e. The highest BCUT2D eigenvalue weighted by Crippen LogP contribution is 2.31. The van der Waals surface area contributed by atoms with Gasteiger partial charge in [-0.15, -0.1) is 0 Å². The minimum Gasteiger partial charge on any atom is -0.495 e. The van der Waals surface area contributed by atoms with Crippen molar-refractivity contribution in [1.82, 2.24) is 0 Å². The van der Waals surface area contributed by atoms with Crippen molar-refractivity contribution in [3.8, 4) is 5.75 Å². The predicted molar refractivity (Wildman–Crippen MR) is 83.7 cm³/mol. The summed E-state index contributed by atoms with van der Waals surface area (Å²) in [6.07, 6.45) is 0. The molecule has 0 bridgehead atoms. The Kier molecular flexibility index (Phi) is 4.32. The molecule has 0 saturated heterocycles. The third-order valence-corrected chi connectivity index (χ3v) is 3.44. The normalized spacial score (nSPS) is 10.3. The molecule has 0 aliphatic rings. The van der Waals surface area contributed by atoms with Crippen LogP contribution in [0.2, 0.25) is 0 Å². The molecule has 0 amide bonds. The van der Waals surface area contributed by atoms with E-state index in [4.69, 9.17) is 10.5 Å². The van der Waals surface area contributed by atoms with Crippen LogP contribution >= 0.6 is 15.9 Å². The lowest BCUT2D eigenvalue weighted by Crippen LogP contribution is -2.17. The van der Waals surface area contributed by atoms with E-state index in [1.807, 2.05) is 43.4 Å². The Morgan fingerprint density at radius 1 is 1.16 bits per heavy atom. The molecule has 0 spiro atoms. The number of anilines is 2. The van der Waals surface area contributed by atoms with E-state index in [0.717, 1.165) is 28.1 Å². The topological polar surface area (TPSA) is 38.5 Å². The number of nitrogens with two attached hydrogens (primary N) is 1. The van der Waals surface area contributed by atoms with Crippen molar-refractivity contribution in [2.24, 2.45) is 0 Å². The Labute approximate surface area is 122 Å². The first kappa shape index (κ1) is 13.7. The van der Waals surface area contributed by atoms with Gasteiger partial charge in [-0.2, -0.15) is 0 Å². The quantitative estimate of drug-likeness (QED) is 0.873. The van der Waals surface area contributed by atoms with Crippen molar-refractivity contribution >= 4 is 27.3 Å². The van der Waals surface area contributed by atoms with Gasteiger partial charge in [0.2, 0.25) is 0 Å². The van der Waals surface area contributed by atoms with Crippen LogP contribution in [0.5, 0.6) is 5.75 Å². The van der Waals surface area contributed by atoms with E-state index in [9.17, 15) is 0 Å². The zero-order chi connectivity index (χ0) is 13.8. The fraction of sp³-hybridized carbons (Fsp3) is 0.200. The molecule has 100 valence electrons. The van der Waals surface area contributed by atoms with Crippen molar-refractivity contribution in [2.45, 2.75) is 6.54 Å². The highest BCUT2D eigenvalue weighted by atomic mass is 79.9. The molecule has 0 fully saturated rings. The summed E-state index contributed by atoms with van der Waals surface area (Å²) in [5, 5.41) is 0. The zero-order valence-corrected chi connectivity index (χ0v) is 12.6. The Morgan fingerprint density at radius 3 is 2.47 bits per heavy atom. The second-order valence-corrected chi connectivity index (χ2v) is 5.33. The molecular formula is C15H17BrN2O. The summed E-state index contributed by atoms with van der Waals surface area (Å²) in [5.41, 5.74) is 8.73. The molecule has 0 aromatic heterocycles. The number of rotatable bonds is 4. The Bertz CT molecular complexity index is 555. The van der Waals surface area contributed by atoms with Gasteiger partial charge in [0.25, 0.3) is 0 Å². The molecule has 19 heavy (non-hydrogen) atoms. The maximum atomic E-state index is 5.69. The standard InChI is InChI=1S/C15H17BrN2O/c1-18(10-11-3-6-13(17)7-4-11)14-9-12(16)5-8-15(14)19-2/h3-9H,10,17H2,1-2H3. The minimum atomic E-state index is 0.784. The molecule has 0 unspecified atom stereocenters. The van der Waals surface area contributed by atoms with Crippen molar-refractivity contribution in [1.29, 1.82) is 0 Å². The van der Waals surface area contributed by atoms with E-state index in [-0.39, 0.29) is 0 Å². The summed E-state index contributed by atoms with van der Waals surface area (Å²) >= 11 is 3.49. The lowest BCUT2D eigenvalue weighted by molar-refractivity contribution is 0.414. The van der Waals surface area contributed by atoms with Crippen molar-refractivity contribution in [2.75, 3.05) is 24.8 Å². The SMILES string of the molecule is COc1ccc(Br)cc1N(C)Cc1ccc(N)cc1. The van der Waals surface area contributed by atoms with Crippen molar-refractivity contribution < 1.29 is 4.74 Å². The number of benzene rings is 2. The molecule has 2 rings (SSSR count). The molecular weight excluding hydrogens is 304 g/mol. The Balaban J connectivity index is 2.21. The third kappa shape index (κ3) is 3.41. The van der Waals surface area contributed by atoms with Crippen LogP contribution < -0.4 is 15.4 Å². The van der Waals surface area contributed by atoms with Crippen molar-refractivity contribution in [3.05, 3.63) is 52.5 Å². The first-order valence-corrected chi connectivity index (χ1v) is 6.78. The molecule has 2 aromatic rings. The fourth-order valence-corrected chi connectivity index (χ4v) is 2.29. The van der Waals surface area contributed by atoms with Gasteiger partial charge in [0.1, 0.15) is 5.75 Å². The lowest BCUT2D eigenvalue weighted by Gasteiger charge is -2.22. The highest BCUT2D eigenvalue weighted by Gasteiger charge is 2.09. The minimum absolute atomic E-state index is 0.784. The molecule has 0 radical (unpaired) electrons. The average Bonchev–Trinajstić information content (AvgIpc) is 2.41. The number of nitrogens with zero attached hydrogens (tertiary/aromatic N) is 1. The van der Waals surface area contributed by atoms with Gasteiger partial charge in [-0.05, 0) is 35.9 Å². The van der Waals surface area contributed by atoms with Crippen LogP contribution in [0.3, 0.4) is 0 Å². The summed E-state index contributed by atoms with van der Waals surface area (Å²) < 4.78 is 6.43. The molecule has 0 heterocycles. The van der Waals surface area contributed by atoms with Crippen LogP contribution in [0.25, 0.3) is 0 Å². The number of ether oxygens (including phenoxy) is 1. The number of methoxy groups -OCH3 is 1. The summed E-state index contributed by atoms with van der Waals surface area (Å²) in [7, 11) is 3.73. The van der Waals surface area contributed by atoms with Crippen LogP contribution in [0.15, 0.2) is 46.9 Å². The van der Waals surface area contributed by atoms with E-state index in [1.165, 1.54) is 5.56 Å². The van der Waals surface area contributed by atoms with Crippen LogP contribution in [0.1, 0.15) is 5.56 Å². The fourth-order valence-electron chi connectivity index (χ4n) is 1.94.